The molecule has 0 saturated heterocycles. The van der Waals surface area contributed by atoms with E-state index in [0.717, 1.165) is 55.6 Å². The smallest absolute Gasteiger partial charge is 0.164 e. The molecule has 8 heteroatoms. The summed E-state index contributed by atoms with van der Waals surface area (Å²) in [5.41, 5.74) is 6.87. The summed E-state index contributed by atoms with van der Waals surface area (Å²) in [7, 11) is 0. The van der Waals surface area contributed by atoms with Crippen LogP contribution in [0.4, 0.5) is 0 Å². The van der Waals surface area contributed by atoms with E-state index >= 15 is 0 Å². The molecule has 5 nitrogen and oxygen atoms in total. The van der Waals surface area contributed by atoms with Crippen LogP contribution in [0, 0.1) is 0 Å². The van der Waals surface area contributed by atoms with Gasteiger partial charge in [0.1, 0.15) is 5.82 Å². The average molecular weight is 920 g/mol. The number of hydrogen-bond acceptors (Lipinski definition) is 7. The quantitative estimate of drug-likeness (QED) is 0.161. The summed E-state index contributed by atoms with van der Waals surface area (Å²) in [5, 5.41) is 12.0. The van der Waals surface area contributed by atoms with Gasteiger partial charge in [-0.25, -0.2) is 19.9 Å². The fraction of sp³-hybridized carbons (Fsp3) is 0. The molecule has 0 N–H and O–H groups in total. The number of imidazole rings is 1. The third kappa shape index (κ3) is 5.72. The van der Waals surface area contributed by atoms with Crippen LogP contribution in [0.3, 0.4) is 0 Å². The number of aromatic nitrogens is 5. The first-order chi connectivity index (χ1) is 33.7. The van der Waals surface area contributed by atoms with Gasteiger partial charge in [-0.2, -0.15) is 0 Å². The molecule has 0 bridgehead atoms. The molecule has 0 aliphatic heterocycles. The van der Waals surface area contributed by atoms with Crippen molar-refractivity contribution in [3.05, 3.63) is 200 Å². The van der Waals surface area contributed by atoms with Crippen molar-refractivity contribution in [2.24, 2.45) is 0 Å². The lowest BCUT2D eigenvalue weighted by Crippen LogP contribution is -2.02. The Hall–Kier alpha value is -8.14. The van der Waals surface area contributed by atoms with Gasteiger partial charge in [0.2, 0.25) is 0 Å². The highest BCUT2D eigenvalue weighted by Crippen LogP contribution is 2.45. The van der Waals surface area contributed by atoms with E-state index in [1.54, 1.807) is 0 Å². The van der Waals surface area contributed by atoms with Gasteiger partial charge in [0.05, 0.1) is 11.0 Å². The molecule has 5 heterocycles. The lowest BCUT2D eigenvalue weighted by atomic mass is 10.00. The van der Waals surface area contributed by atoms with Gasteiger partial charge < -0.3 is 0 Å². The van der Waals surface area contributed by atoms with E-state index in [-0.39, 0.29) is 0 Å². The van der Waals surface area contributed by atoms with Gasteiger partial charge in [-0.1, -0.05) is 127 Å². The second-order valence-corrected chi connectivity index (χ2v) is 20.5. The van der Waals surface area contributed by atoms with Crippen molar-refractivity contribution in [1.29, 1.82) is 0 Å². The molecular weight excluding hydrogens is 887 g/mol. The van der Waals surface area contributed by atoms with Crippen molar-refractivity contribution in [2.45, 2.75) is 0 Å². The van der Waals surface area contributed by atoms with E-state index in [2.05, 4.69) is 205 Å². The topological polar surface area (TPSA) is 56.5 Å². The highest BCUT2D eigenvalue weighted by atomic mass is 32.1. The number of benzene rings is 10. The van der Waals surface area contributed by atoms with Gasteiger partial charge in [-0.3, -0.25) is 4.57 Å². The SMILES string of the molecule is c1cc(-c2nc(-c3ccc4sc5ccccc5c4c3)nc(-c3ccc4sc5ccccc5c4c3)n2)cc(-n2c(-c3cccc4c3sc3ccccc34)nc3c4ccccc4c4ccccc4c32)c1. The predicted molar refractivity (Wildman–Crippen MR) is 290 cm³/mol. The minimum atomic E-state index is 0.602. The number of hydrogen-bond donors (Lipinski definition) is 0. The molecule has 0 saturated carbocycles. The van der Waals surface area contributed by atoms with Gasteiger partial charge in [0.15, 0.2) is 17.5 Å². The summed E-state index contributed by atoms with van der Waals surface area (Å²) in [6.45, 7) is 0. The molecule has 0 amide bonds. The van der Waals surface area contributed by atoms with Gasteiger partial charge in [0, 0.05) is 99.2 Å². The van der Waals surface area contributed by atoms with Crippen LogP contribution < -0.4 is 0 Å². The van der Waals surface area contributed by atoms with Crippen LogP contribution >= 0.6 is 34.0 Å². The van der Waals surface area contributed by atoms with Crippen molar-refractivity contribution in [2.75, 3.05) is 0 Å². The highest BCUT2D eigenvalue weighted by molar-refractivity contribution is 7.26. The largest absolute Gasteiger partial charge is 0.292 e. The lowest BCUT2D eigenvalue weighted by Gasteiger charge is -2.14. The van der Waals surface area contributed by atoms with Crippen molar-refractivity contribution in [3.63, 3.8) is 0 Å². The molecule has 0 unspecified atom stereocenters. The first kappa shape index (κ1) is 38.0. The summed E-state index contributed by atoms with van der Waals surface area (Å²) in [6.07, 6.45) is 0. The number of nitrogens with zero attached hydrogens (tertiary/aromatic N) is 5. The molecule has 68 heavy (non-hydrogen) atoms. The molecule has 0 radical (unpaired) electrons. The average Bonchev–Trinajstić information content (AvgIpc) is 4.19. The molecule has 15 rings (SSSR count). The van der Waals surface area contributed by atoms with E-state index in [1.807, 2.05) is 34.0 Å². The molecule has 0 atom stereocenters. The second-order valence-electron chi connectivity index (χ2n) is 17.3. The van der Waals surface area contributed by atoms with Crippen LogP contribution in [0.15, 0.2) is 200 Å². The Morgan fingerprint density at radius 2 is 0.765 bits per heavy atom. The Morgan fingerprint density at radius 1 is 0.309 bits per heavy atom. The molecule has 0 aliphatic rings. The summed E-state index contributed by atoms with van der Waals surface area (Å²) in [4.78, 5) is 21.7. The molecule has 5 aromatic heterocycles. The van der Waals surface area contributed by atoms with E-state index in [9.17, 15) is 0 Å². The summed E-state index contributed by atoms with van der Waals surface area (Å²) in [5.74, 6) is 2.75. The van der Waals surface area contributed by atoms with Gasteiger partial charge in [0.25, 0.3) is 0 Å². The zero-order chi connectivity index (χ0) is 44.5. The van der Waals surface area contributed by atoms with Gasteiger partial charge >= 0.3 is 0 Å². The van der Waals surface area contributed by atoms with Crippen molar-refractivity contribution >= 4 is 127 Å². The fourth-order valence-corrected chi connectivity index (χ4v) is 13.7. The van der Waals surface area contributed by atoms with Crippen LogP contribution in [0.5, 0.6) is 0 Å². The first-order valence-corrected chi connectivity index (χ1v) is 25.1. The van der Waals surface area contributed by atoms with E-state index in [0.29, 0.717) is 17.5 Å². The molecule has 0 fully saturated rings. The zero-order valence-electron chi connectivity index (χ0n) is 36.0. The van der Waals surface area contributed by atoms with Gasteiger partial charge in [-0.05, 0) is 83.6 Å². The molecule has 10 aromatic carbocycles. The third-order valence-electron chi connectivity index (χ3n) is 13.4. The number of fused-ring (bicyclic) bond motifs is 15. The Kier molecular flexibility index (Phi) is 8.21. The Bertz CT molecular complexity index is 4460. The Morgan fingerprint density at radius 3 is 1.38 bits per heavy atom. The van der Waals surface area contributed by atoms with Crippen LogP contribution in [-0.4, -0.2) is 24.5 Å². The van der Waals surface area contributed by atoms with Crippen molar-refractivity contribution in [1.82, 2.24) is 24.5 Å². The number of thiophene rings is 3. The maximum absolute atomic E-state index is 5.68. The summed E-state index contributed by atoms with van der Waals surface area (Å²) in [6, 6.07) is 71.9. The Labute approximate surface area is 400 Å². The normalized spacial score (nSPS) is 12.1. The van der Waals surface area contributed by atoms with Crippen LogP contribution in [0.25, 0.3) is 144 Å². The highest BCUT2D eigenvalue weighted by Gasteiger charge is 2.24. The standard InChI is InChI=1S/C60H33N5S3/c1-3-20-43-38(15-1)39-16-2-4-21-44(39)55-54(43)61-60(46-23-12-22-45-40-17-5-10-26-51(40)68-56(45)46)65(55)37-14-11-13-34(31-37)57-62-58(35-27-29-52-47(32-35)41-18-6-8-24-49(41)66-52)64-59(63-57)36-28-30-53-48(33-36)42-19-7-9-25-50(42)67-53/h1-33H. The minimum Gasteiger partial charge on any atom is -0.292 e. The summed E-state index contributed by atoms with van der Waals surface area (Å²) < 4.78 is 9.85. The van der Waals surface area contributed by atoms with E-state index in [4.69, 9.17) is 19.9 Å². The third-order valence-corrected chi connectivity index (χ3v) is 17.0. The van der Waals surface area contributed by atoms with Crippen molar-refractivity contribution < 1.29 is 0 Å². The Balaban J connectivity index is 0.989. The molecule has 0 aliphatic carbocycles. The molecular formula is C60H33N5S3. The lowest BCUT2D eigenvalue weighted by molar-refractivity contribution is 1.07. The van der Waals surface area contributed by atoms with Crippen molar-refractivity contribution in [3.8, 4) is 51.2 Å². The fourth-order valence-electron chi connectivity index (χ4n) is 10.3. The minimum absolute atomic E-state index is 0.602. The van der Waals surface area contributed by atoms with E-state index in [1.165, 1.54) is 71.3 Å². The maximum Gasteiger partial charge on any atom is 0.164 e. The van der Waals surface area contributed by atoms with Crippen LogP contribution in [0.2, 0.25) is 0 Å². The molecule has 15 aromatic rings. The van der Waals surface area contributed by atoms with Crippen LogP contribution in [0.1, 0.15) is 0 Å². The van der Waals surface area contributed by atoms with Gasteiger partial charge in [-0.15, -0.1) is 34.0 Å². The number of rotatable bonds is 5. The predicted octanol–water partition coefficient (Wildman–Crippen LogP) is 17.3. The molecule has 316 valence electrons. The monoisotopic (exact) mass is 919 g/mol. The first-order valence-electron chi connectivity index (χ1n) is 22.6. The van der Waals surface area contributed by atoms with Crippen LogP contribution in [-0.2, 0) is 0 Å². The summed E-state index contributed by atoms with van der Waals surface area (Å²) >= 11 is 5.45. The second kappa shape index (κ2) is 14.7. The van der Waals surface area contributed by atoms with E-state index < -0.39 is 0 Å². The zero-order valence-corrected chi connectivity index (χ0v) is 38.5. The molecule has 0 spiro atoms. The maximum atomic E-state index is 5.68.